The zero-order valence-corrected chi connectivity index (χ0v) is 14.6. The topological polar surface area (TPSA) is 26.3 Å². The van der Waals surface area contributed by atoms with Crippen LogP contribution < -0.4 is 0 Å². The number of aryl methyl sites for hydroxylation is 2. The molecule has 6 rings (SSSR count). The third-order valence-corrected chi connectivity index (χ3v) is 5.51. The molecule has 2 heteroatoms. The molecule has 0 aliphatic carbocycles. The standard InChI is InChI=1S/C24H16O2/c1-13-5-3-7-15-17-9-11-20-19(23(17)25-21(13)15)12-10-18-16-8-4-6-14(2)22(16)26-24(18)20/h3-12H,1-2H3. The van der Waals surface area contributed by atoms with Crippen LogP contribution in [-0.2, 0) is 0 Å². The number of para-hydroxylation sites is 2. The third-order valence-electron chi connectivity index (χ3n) is 5.51. The molecule has 6 aromatic rings. The van der Waals surface area contributed by atoms with Gasteiger partial charge >= 0.3 is 0 Å². The number of hydrogen-bond donors (Lipinski definition) is 0. The minimum atomic E-state index is 0.936. The molecule has 2 heterocycles. The lowest BCUT2D eigenvalue weighted by Gasteiger charge is -1.99. The normalized spacial score (nSPS) is 12.2. The van der Waals surface area contributed by atoms with E-state index in [1.807, 2.05) is 0 Å². The molecule has 0 spiro atoms. The lowest BCUT2D eigenvalue weighted by molar-refractivity contribution is 0.666. The summed E-state index contributed by atoms with van der Waals surface area (Å²) in [6.45, 7) is 4.18. The van der Waals surface area contributed by atoms with Gasteiger partial charge in [-0.25, -0.2) is 0 Å². The van der Waals surface area contributed by atoms with Crippen LogP contribution >= 0.6 is 0 Å². The van der Waals surface area contributed by atoms with Gasteiger partial charge in [-0.15, -0.1) is 0 Å². The van der Waals surface area contributed by atoms with Crippen molar-refractivity contribution >= 4 is 54.6 Å². The zero-order chi connectivity index (χ0) is 17.4. The Balaban J connectivity index is 1.85. The van der Waals surface area contributed by atoms with E-state index in [1.165, 1.54) is 10.8 Å². The van der Waals surface area contributed by atoms with Crippen molar-refractivity contribution in [3.63, 3.8) is 0 Å². The van der Waals surface area contributed by atoms with E-state index in [4.69, 9.17) is 8.83 Å². The molecule has 0 bridgehead atoms. The number of benzene rings is 4. The van der Waals surface area contributed by atoms with Crippen molar-refractivity contribution in [2.24, 2.45) is 0 Å². The maximum Gasteiger partial charge on any atom is 0.143 e. The number of furan rings is 2. The first-order chi connectivity index (χ1) is 12.7. The first-order valence-electron chi connectivity index (χ1n) is 8.88. The fourth-order valence-corrected chi connectivity index (χ4v) is 4.20. The minimum absolute atomic E-state index is 0.936. The monoisotopic (exact) mass is 336 g/mol. The van der Waals surface area contributed by atoms with Crippen LogP contribution in [0, 0.1) is 13.8 Å². The summed E-state index contributed by atoms with van der Waals surface area (Å²) in [5, 5.41) is 6.85. The van der Waals surface area contributed by atoms with Crippen LogP contribution in [0.15, 0.2) is 69.5 Å². The van der Waals surface area contributed by atoms with Crippen molar-refractivity contribution in [2.75, 3.05) is 0 Å². The smallest absolute Gasteiger partial charge is 0.143 e. The van der Waals surface area contributed by atoms with Gasteiger partial charge in [-0.1, -0.05) is 36.4 Å². The van der Waals surface area contributed by atoms with Gasteiger partial charge in [0.25, 0.3) is 0 Å². The minimum Gasteiger partial charge on any atom is -0.455 e. The molecule has 0 atom stereocenters. The average molecular weight is 336 g/mol. The van der Waals surface area contributed by atoms with Crippen molar-refractivity contribution in [2.45, 2.75) is 13.8 Å². The highest BCUT2D eigenvalue weighted by Gasteiger charge is 2.16. The van der Waals surface area contributed by atoms with E-state index < -0.39 is 0 Å². The highest BCUT2D eigenvalue weighted by atomic mass is 16.3. The zero-order valence-electron chi connectivity index (χ0n) is 14.6. The summed E-state index contributed by atoms with van der Waals surface area (Å²) >= 11 is 0. The van der Waals surface area contributed by atoms with Gasteiger partial charge in [0.05, 0.1) is 0 Å². The number of fused-ring (bicyclic) bond motifs is 9. The van der Waals surface area contributed by atoms with Crippen LogP contribution in [0.4, 0.5) is 0 Å². The number of hydrogen-bond acceptors (Lipinski definition) is 2. The van der Waals surface area contributed by atoms with Crippen LogP contribution in [0.5, 0.6) is 0 Å². The molecule has 124 valence electrons. The average Bonchev–Trinajstić information content (AvgIpc) is 3.22. The van der Waals surface area contributed by atoms with E-state index in [1.54, 1.807) is 0 Å². The molecular weight excluding hydrogens is 320 g/mol. The Bertz CT molecular complexity index is 1380. The maximum absolute atomic E-state index is 6.30. The summed E-state index contributed by atoms with van der Waals surface area (Å²) in [6, 6.07) is 21.2. The van der Waals surface area contributed by atoms with E-state index in [-0.39, 0.29) is 0 Å². The molecule has 0 amide bonds. The first-order valence-corrected chi connectivity index (χ1v) is 8.88. The second kappa shape index (κ2) is 4.67. The van der Waals surface area contributed by atoms with Gasteiger partial charge in [0.15, 0.2) is 0 Å². The van der Waals surface area contributed by atoms with Gasteiger partial charge < -0.3 is 8.83 Å². The lowest BCUT2D eigenvalue weighted by Crippen LogP contribution is -1.75. The lowest BCUT2D eigenvalue weighted by atomic mass is 10.0. The van der Waals surface area contributed by atoms with Gasteiger partial charge in [-0.2, -0.15) is 0 Å². The third kappa shape index (κ3) is 1.62. The fourth-order valence-electron chi connectivity index (χ4n) is 4.20. The Morgan fingerprint density at radius 2 is 0.769 bits per heavy atom. The Morgan fingerprint density at radius 1 is 0.423 bits per heavy atom. The van der Waals surface area contributed by atoms with E-state index in [2.05, 4.69) is 74.5 Å². The Hall–Kier alpha value is -3.26. The van der Waals surface area contributed by atoms with E-state index in [0.29, 0.717) is 0 Å². The predicted molar refractivity (Wildman–Crippen MR) is 108 cm³/mol. The van der Waals surface area contributed by atoms with Crippen molar-refractivity contribution in [1.29, 1.82) is 0 Å². The van der Waals surface area contributed by atoms with Crippen molar-refractivity contribution in [3.8, 4) is 0 Å². The largest absolute Gasteiger partial charge is 0.455 e. The van der Waals surface area contributed by atoms with E-state index in [0.717, 1.165) is 55.0 Å². The van der Waals surface area contributed by atoms with Crippen LogP contribution in [0.25, 0.3) is 54.6 Å². The van der Waals surface area contributed by atoms with Crippen LogP contribution in [0.3, 0.4) is 0 Å². The highest BCUT2D eigenvalue weighted by molar-refractivity contribution is 6.22. The molecule has 0 radical (unpaired) electrons. The maximum atomic E-state index is 6.30. The summed E-state index contributed by atoms with van der Waals surface area (Å²) < 4.78 is 12.6. The second-order valence-corrected chi connectivity index (χ2v) is 7.09. The SMILES string of the molecule is Cc1cccc2c1oc1c2ccc2c1ccc1c3cccc(C)c3oc12. The summed E-state index contributed by atoms with van der Waals surface area (Å²) in [7, 11) is 0. The van der Waals surface area contributed by atoms with Gasteiger partial charge in [0.2, 0.25) is 0 Å². The van der Waals surface area contributed by atoms with Crippen molar-refractivity contribution in [1.82, 2.24) is 0 Å². The Kier molecular flexibility index (Phi) is 2.51. The van der Waals surface area contributed by atoms with Crippen molar-refractivity contribution in [3.05, 3.63) is 71.8 Å². The molecule has 0 saturated carbocycles. The van der Waals surface area contributed by atoms with Gasteiger partial charge in [-0.05, 0) is 49.2 Å². The van der Waals surface area contributed by atoms with Crippen molar-refractivity contribution < 1.29 is 8.83 Å². The summed E-state index contributed by atoms with van der Waals surface area (Å²) in [5.74, 6) is 0. The van der Waals surface area contributed by atoms with Gasteiger partial charge in [0.1, 0.15) is 22.3 Å². The Morgan fingerprint density at radius 3 is 1.15 bits per heavy atom. The van der Waals surface area contributed by atoms with Crippen LogP contribution in [-0.4, -0.2) is 0 Å². The highest BCUT2D eigenvalue weighted by Crippen LogP contribution is 2.40. The number of rotatable bonds is 0. The van der Waals surface area contributed by atoms with Crippen LogP contribution in [0.2, 0.25) is 0 Å². The van der Waals surface area contributed by atoms with Gasteiger partial charge in [0, 0.05) is 32.3 Å². The summed E-state index contributed by atoms with van der Waals surface area (Å²) in [5.41, 5.74) is 6.13. The molecule has 0 aliphatic rings. The fraction of sp³-hybridized carbons (Fsp3) is 0.0833. The van der Waals surface area contributed by atoms with Crippen LogP contribution in [0.1, 0.15) is 11.1 Å². The molecule has 0 unspecified atom stereocenters. The molecule has 26 heavy (non-hydrogen) atoms. The molecule has 4 aromatic carbocycles. The quantitative estimate of drug-likeness (QED) is 0.292. The second-order valence-electron chi connectivity index (χ2n) is 7.09. The first kappa shape index (κ1) is 14.0. The molecule has 0 saturated heterocycles. The predicted octanol–water partition coefficient (Wildman–Crippen LogP) is 7.26. The van der Waals surface area contributed by atoms with Gasteiger partial charge in [-0.3, -0.25) is 0 Å². The summed E-state index contributed by atoms with van der Waals surface area (Å²) in [4.78, 5) is 0. The molecule has 0 N–H and O–H groups in total. The summed E-state index contributed by atoms with van der Waals surface area (Å²) in [6.07, 6.45) is 0. The van der Waals surface area contributed by atoms with E-state index >= 15 is 0 Å². The molecule has 2 nitrogen and oxygen atoms in total. The molecule has 0 aliphatic heterocycles. The molecule has 0 fully saturated rings. The molecule has 2 aromatic heterocycles. The Labute approximate surface area is 149 Å². The molecular formula is C24H16O2. The van der Waals surface area contributed by atoms with E-state index in [9.17, 15) is 0 Å².